The molecule has 0 radical (unpaired) electrons. The second-order valence-corrected chi connectivity index (χ2v) is 10.7. The van der Waals surface area contributed by atoms with E-state index in [0.29, 0.717) is 0 Å². The molecule has 0 fully saturated rings. The summed E-state index contributed by atoms with van der Waals surface area (Å²) in [6, 6.07) is 26.9. The van der Waals surface area contributed by atoms with Crippen LogP contribution in [0.1, 0.15) is 104 Å². The number of carboxylic acids is 10. The number of hydrogen-bond donors (Lipinski definition) is 7. The van der Waals surface area contributed by atoms with Gasteiger partial charge < -0.3 is 65.4 Å². The van der Waals surface area contributed by atoms with Crippen molar-refractivity contribution in [1.82, 2.24) is 0 Å². The molecular formula is C40H27Na3O20. The Bertz CT molecular complexity index is 1890. The molecule has 0 aliphatic carbocycles. The van der Waals surface area contributed by atoms with Gasteiger partial charge in [-0.25, -0.2) is 33.6 Å². The van der Waals surface area contributed by atoms with Gasteiger partial charge in [0.05, 0.1) is 56.9 Å². The zero-order valence-electron chi connectivity index (χ0n) is 33.0. The first-order chi connectivity index (χ1) is 28.1. The molecule has 0 unspecified atom stereocenters. The number of carbonyl (C=O) groups is 10. The van der Waals surface area contributed by atoms with E-state index in [0.717, 1.165) is 12.1 Å². The van der Waals surface area contributed by atoms with Crippen molar-refractivity contribution in [3.05, 3.63) is 177 Å². The van der Waals surface area contributed by atoms with Gasteiger partial charge in [-0.3, -0.25) is 0 Å². The van der Waals surface area contributed by atoms with Gasteiger partial charge in [-0.2, -0.15) is 0 Å². The normalized spacial score (nSPS) is 8.89. The summed E-state index contributed by atoms with van der Waals surface area (Å²) in [5.41, 5.74) is -2.42. The summed E-state index contributed by atoms with van der Waals surface area (Å²) in [6.07, 6.45) is 0. The maximum absolute atomic E-state index is 10.5. The van der Waals surface area contributed by atoms with Crippen LogP contribution in [-0.4, -0.2) is 95.4 Å². The Morgan fingerprint density at radius 1 is 0.238 bits per heavy atom. The first kappa shape index (κ1) is 61.1. The number of hydrogen-bond acceptors (Lipinski definition) is 13. The fourth-order valence-corrected chi connectivity index (χ4v) is 4.26. The topological polar surface area (TPSA) is 381 Å². The molecular weight excluding hydrogens is 869 g/mol. The summed E-state index contributed by atoms with van der Waals surface area (Å²) in [4.78, 5) is 104. The third-order valence-electron chi connectivity index (χ3n) is 6.91. The number of aromatic carboxylic acids is 10. The van der Waals surface area contributed by atoms with Gasteiger partial charge in [-0.1, -0.05) is 78.9 Å². The molecule has 5 aromatic carbocycles. The van der Waals surface area contributed by atoms with Crippen molar-refractivity contribution in [2.45, 2.75) is 0 Å². The fourth-order valence-electron chi connectivity index (χ4n) is 4.26. The predicted octanol–water partition coefficient (Wildman–Crippen LogP) is -7.58. The molecule has 0 heterocycles. The molecule has 0 atom stereocenters. The van der Waals surface area contributed by atoms with E-state index in [4.69, 9.17) is 35.7 Å². The summed E-state index contributed by atoms with van der Waals surface area (Å²) in [5.74, 6) is -13.2. The van der Waals surface area contributed by atoms with Crippen LogP contribution >= 0.6 is 0 Å². The van der Waals surface area contributed by atoms with Crippen molar-refractivity contribution >= 4 is 59.7 Å². The molecule has 20 nitrogen and oxygen atoms in total. The molecule has 7 N–H and O–H groups in total. The third-order valence-corrected chi connectivity index (χ3v) is 6.91. The number of carbonyl (C=O) groups excluding carboxylic acids is 3. The van der Waals surface area contributed by atoms with Gasteiger partial charge in [0.15, 0.2) is 0 Å². The van der Waals surface area contributed by atoms with Crippen LogP contribution in [0.3, 0.4) is 0 Å². The van der Waals surface area contributed by atoms with Crippen LogP contribution in [0, 0.1) is 0 Å². The standard InChI is InChI=1S/5C8H6O4.3Na/c5*9-7(10)5-3-1-2-4-6(5)8(11)12;;;/h5*1-4H,(H,9,10)(H,11,12);;;/q;;;;;3*+1/p-3. The SMILES string of the molecule is O=C(O)c1ccccc1C(=O)O.O=C(O)c1ccccc1C(=O)O.O=C(O)c1ccccc1C(=O)O.O=C([O-])c1ccccc1C(=O)O.O=C([O-])c1ccccc1C(=O)[O-].[Na+].[Na+].[Na+]. The second kappa shape index (κ2) is 30.8. The maximum Gasteiger partial charge on any atom is 1.00 e. The molecule has 0 aliphatic heterocycles. The van der Waals surface area contributed by atoms with Crippen LogP contribution in [0.25, 0.3) is 0 Å². The zero-order valence-corrected chi connectivity index (χ0v) is 39.0. The van der Waals surface area contributed by atoms with E-state index >= 15 is 0 Å². The van der Waals surface area contributed by atoms with E-state index in [9.17, 15) is 63.3 Å². The second-order valence-electron chi connectivity index (χ2n) is 10.7. The minimum absolute atomic E-state index is 0. The largest absolute Gasteiger partial charge is 1.00 e. The van der Waals surface area contributed by atoms with Crippen LogP contribution in [0.2, 0.25) is 0 Å². The van der Waals surface area contributed by atoms with Crippen LogP contribution in [0.5, 0.6) is 0 Å². The van der Waals surface area contributed by atoms with Gasteiger partial charge in [-0.05, 0) is 42.5 Å². The average Bonchev–Trinajstić information content (AvgIpc) is 3.21. The summed E-state index contributed by atoms with van der Waals surface area (Å²) < 4.78 is 0. The van der Waals surface area contributed by atoms with Gasteiger partial charge in [0.1, 0.15) is 0 Å². The maximum atomic E-state index is 10.5. The summed E-state index contributed by atoms with van der Waals surface area (Å²) >= 11 is 0. The molecule has 23 heteroatoms. The Morgan fingerprint density at radius 3 is 0.429 bits per heavy atom. The van der Waals surface area contributed by atoms with E-state index in [1.807, 2.05) is 0 Å². The van der Waals surface area contributed by atoms with E-state index in [1.165, 1.54) is 109 Å². The van der Waals surface area contributed by atoms with Gasteiger partial charge in [0.25, 0.3) is 0 Å². The smallest absolute Gasteiger partial charge is 0.545 e. The molecule has 0 saturated heterocycles. The summed E-state index contributed by atoms with van der Waals surface area (Å²) in [5, 5.41) is 90.8. The zero-order chi connectivity index (χ0) is 45.7. The number of rotatable bonds is 10. The predicted molar refractivity (Wildman–Crippen MR) is 194 cm³/mol. The van der Waals surface area contributed by atoms with Crippen molar-refractivity contribution < 1.29 is 188 Å². The Kier molecular flexibility index (Phi) is 29.8. The van der Waals surface area contributed by atoms with Crippen LogP contribution < -0.4 is 104 Å². The molecule has 0 spiro atoms. The minimum Gasteiger partial charge on any atom is -0.545 e. The molecule has 0 bridgehead atoms. The molecule has 0 aliphatic rings. The molecule has 310 valence electrons. The van der Waals surface area contributed by atoms with Crippen molar-refractivity contribution in [3.63, 3.8) is 0 Å². The molecule has 0 amide bonds. The minimum atomic E-state index is -1.52. The van der Waals surface area contributed by atoms with Gasteiger partial charge in [-0.15, -0.1) is 0 Å². The fraction of sp³-hybridized carbons (Fsp3) is 0. The molecule has 5 aromatic rings. The van der Waals surface area contributed by atoms with Crippen LogP contribution in [-0.2, 0) is 0 Å². The van der Waals surface area contributed by atoms with Gasteiger partial charge in [0, 0.05) is 16.7 Å². The van der Waals surface area contributed by atoms with Gasteiger partial charge in [0.2, 0.25) is 0 Å². The van der Waals surface area contributed by atoms with Crippen molar-refractivity contribution in [2.24, 2.45) is 0 Å². The van der Waals surface area contributed by atoms with Crippen molar-refractivity contribution in [1.29, 1.82) is 0 Å². The van der Waals surface area contributed by atoms with Crippen LogP contribution in [0.4, 0.5) is 0 Å². The first-order valence-corrected chi connectivity index (χ1v) is 15.9. The number of carboxylic acid groups (broad SMARTS) is 10. The van der Waals surface area contributed by atoms with Crippen molar-refractivity contribution in [2.75, 3.05) is 0 Å². The number of benzene rings is 5. The third kappa shape index (κ3) is 20.5. The Hall–Kier alpha value is -6.20. The molecule has 0 aromatic heterocycles. The molecule has 0 saturated carbocycles. The van der Waals surface area contributed by atoms with Gasteiger partial charge >= 0.3 is 130 Å². The first-order valence-electron chi connectivity index (χ1n) is 15.9. The Balaban J connectivity index is -0.000000706. The monoisotopic (exact) mass is 896 g/mol. The summed E-state index contributed by atoms with van der Waals surface area (Å²) in [6.45, 7) is 0. The molecule has 63 heavy (non-hydrogen) atoms. The summed E-state index contributed by atoms with van der Waals surface area (Å²) in [7, 11) is 0. The van der Waals surface area contributed by atoms with E-state index in [2.05, 4.69) is 0 Å². The quantitative estimate of drug-likeness (QED) is 0.0640. The van der Waals surface area contributed by atoms with E-state index < -0.39 is 59.7 Å². The van der Waals surface area contributed by atoms with E-state index in [-0.39, 0.29) is 144 Å². The Morgan fingerprint density at radius 2 is 0.333 bits per heavy atom. The molecule has 5 rings (SSSR count). The van der Waals surface area contributed by atoms with Crippen LogP contribution in [0.15, 0.2) is 121 Å². The average molecular weight is 897 g/mol. The van der Waals surface area contributed by atoms with E-state index in [1.54, 1.807) is 0 Å². The van der Waals surface area contributed by atoms with Crippen molar-refractivity contribution in [3.8, 4) is 0 Å². The Labute approximate surface area is 420 Å².